The molecule has 1 heterocycles. The summed E-state index contributed by atoms with van der Waals surface area (Å²) >= 11 is 10.4. The van der Waals surface area contributed by atoms with Gasteiger partial charge in [0.05, 0.1) is 8.81 Å². The zero-order valence-electron chi connectivity index (χ0n) is 7.95. The molecule has 0 radical (unpaired) electrons. The average Bonchev–Trinajstić information content (AvgIpc) is 2.68. The Labute approximate surface area is 110 Å². The lowest BCUT2D eigenvalue weighted by atomic mass is 10.1. The number of thiophene rings is 1. The van der Waals surface area contributed by atoms with Gasteiger partial charge in [-0.05, 0) is 45.8 Å². The van der Waals surface area contributed by atoms with E-state index in [1.807, 2.05) is 12.1 Å². The first-order chi connectivity index (χ1) is 7.58. The van der Waals surface area contributed by atoms with E-state index in [0.29, 0.717) is 5.56 Å². The Kier molecular flexibility index (Phi) is 3.64. The maximum atomic E-state index is 13.0. The standard InChI is InChI=1S/C11H7BrClFOS/c12-10-4-3-9(16-10)11(15)6-1-2-8(14)7(13)5-6/h1-5,11,15H. The van der Waals surface area contributed by atoms with E-state index >= 15 is 0 Å². The zero-order valence-corrected chi connectivity index (χ0v) is 11.1. The molecule has 0 amide bonds. The normalized spacial score (nSPS) is 12.8. The van der Waals surface area contributed by atoms with E-state index in [0.717, 1.165) is 8.66 Å². The van der Waals surface area contributed by atoms with Crippen molar-refractivity contribution >= 4 is 38.9 Å². The van der Waals surface area contributed by atoms with Gasteiger partial charge >= 0.3 is 0 Å². The van der Waals surface area contributed by atoms with E-state index in [1.54, 1.807) is 0 Å². The maximum absolute atomic E-state index is 13.0. The van der Waals surface area contributed by atoms with E-state index in [4.69, 9.17) is 11.6 Å². The lowest BCUT2D eigenvalue weighted by Crippen LogP contribution is -1.97. The third-order valence-corrected chi connectivity index (χ3v) is 4.09. The van der Waals surface area contributed by atoms with Gasteiger partial charge in [0.2, 0.25) is 0 Å². The number of halogens is 3. The SMILES string of the molecule is OC(c1ccc(F)c(Cl)c1)c1ccc(Br)s1. The van der Waals surface area contributed by atoms with E-state index in [2.05, 4.69) is 15.9 Å². The van der Waals surface area contributed by atoms with E-state index in [9.17, 15) is 9.50 Å². The van der Waals surface area contributed by atoms with Crippen LogP contribution in [0.1, 0.15) is 16.5 Å². The van der Waals surface area contributed by atoms with Gasteiger partial charge in [-0.15, -0.1) is 11.3 Å². The fourth-order valence-corrected chi connectivity index (χ4v) is 2.95. The van der Waals surface area contributed by atoms with Crippen LogP contribution in [0.5, 0.6) is 0 Å². The van der Waals surface area contributed by atoms with Crippen LogP contribution in [0.3, 0.4) is 0 Å². The predicted molar refractivity (Wildman–Crippen MR) is 67.5 cm³/mol. The van der Waals surface area contributed by atoms with Gasteiger partial charge in [0.15, 0.2) is 0 Å². The van der Waals surface area contributed by atoms with Crippen LogP contribution < -0.4 is 0 Å². The molecular weight excluding hydrogens is 315 g/mol. The second-order valence-electron chi connectivity index (χ2n) is 3.22. The molecule has 2 aromatic rings. The Hall–Kier alpha value is -0.420. The highest BCUT2D eigenvalue weighted by Crippen LogP contribution is 2.32. The minimum atomic E-state index is -0.769. The number of rotatable bonds is 2. The molecule has 1 N–H and O–H groups in total. The number of hydrogen-bond acceptors (Lipinski definition) is 2. The van der Waals surface area contributed by atoms with Gasteiger partial charge < -0.3 is 5.11 Å². The summed E-state index contributed by atoms with van der Waals surface area (Å²) in [5.74, 6) is -0.482. The molecule has 0 aliphatic rings. The lowest BCUT2D eigenvalue weighted by Gasteiger charge is -2.09. The molecule has 84 valence electrons. The molecule has 0 spiro atoms. The highest BCUT2D eigenvalue weighted by molar-refractivity contribution is 9.11. The van der Waals surface area contributed by atoms with Gasteiger partial charge in [-0.3, -0.25) is 0 Å². The first-order valence-electron chi connectivity index (χ1n) is 4.46. The lowest BCUT2D eigenvalue weighted by molar-refractivity contribution is 0.224. The minimum absolute atomic E-state index is 0.0205. The topological polar surface area (TPSA) is 20.2 Å². The van der Waals surface area contributed by atoms with Gasteiger partial charge in [0.25, 0.3) is 0 Å². The summed E-state index contributed by atoms with van der Waals surface area (Å²) in [5, 5.41) is 10.0. The molecule has 0 aliphatic heterocycles. The van der Waals surface area contributed by atoms with Crippen LogP contribution in [-0.4, -0.2) is 5.11 Å². The first-order valence-corrected chi connectivity index (χ1v) is 6.45. The summed E-state index contributed by atoms with van der Waals surface area (Å²) in [5.41, 5.74) is 0.584. The monoisotopic (exact) mass is 320 g/mol. The first kappa shape index (κ1) is 12.0. The third kappa shape index (κ3) is 2.46. The zero-order chi connectivity index (χ0) is 11.7. The van der Waals surface area contributed by atoms with Crippen molar-refractivity contribution < 1.29 is 9.50 Å². The molecule has 1 nitrogen and oxygen atoms in total. The fourth-order valence-electron chi connectivity index (χ4n) is 1.32. The largest absolute Gasteiger partial charge is 0.383 e. The van der Waals surface area contributed by atoms with Crippen molar-refractivity contribution in [1.82, 2.24) is 0 Å². The molecule has 1 atom stereocenters. The van der Waals surface area contributed by atoms with Crippen molar-refractivity contribution in [3.63, 3.8) is 0 Å². The molecule has 1 aromatic heterocycles. The molecule has 16 heavy (non-hydrogen) atoms. The van der Waals surface area contributed by atoms with Gasteiger partial charge in [0.1, 0.15) is 11.9 Å². The van der Waals surface area contributed by atoms with Gasteiger partial charge in [-0.1, -0.05) is 17.7 Å². The summed E-state index contributed by atoms with van der Waals surface area (Å²) in [6, 6.07) is 7.89. The highest BCUT2D eigenvalue weighted by Gasteiger charge is 2.14. The Morgan fingerprint density at radius 3 is 2.62 bits per heavy atom. The van der Waals surface area contributed by atoms with E-state index in [1.165, 1.54) is 29.5 Å². The third-order valence-electron chi connectivity index (χ3n) is 2.12. The van der Waals surface area contributed by atoms with Crippen molar-refractivity contribution in [3.05, 3.63) is 55.4 Å². The van der Waals surface area contributed by atoms with Crippen LogP contribution in [0, 0.1) is 5.82 Å². The summed E-state index contributed by atoms with van der Waals surface area (Å²) in [4.78, 5) is 0.787. The van der Waals surface area contributed by atoms with Crippen molar-refractivity contribution in [2.75, 3.05) is 0 Å². The Balaban J connectivity index is 2.33. The summed E-state index contributed by atoms with van der Waals surface area (Å²) in [6.07, 6.45) is -0.769. The molecule has 2 rings (SSSR count). The molecule has 0 fully saturated rings. The molecule has 1 aromatic carbocycles. The summed E-state index contributed by atoms with van der Waals surface area (Å²) < 4.78 is 13.9. The molecule has 0 bridgehead atoms. The second kappa shape index (κ2) is 4.84. The van der Waals surface area contributed by atoms with Gasteiger partial charge in [-0.25, -0.2) is 4.39 Å². The predicted octanol–water partition coefficient (Wildman–Crippen LogP) is 4.38. The van der Waals surface area contributed by atoms with Crippen molar-refractivity contribution in [1.29, 1.82) is 0 Å². The fraction of sp³-hybridized carbons (Fsp3) is 0.0909. The average molecular weight is 322 g/mol. The minimum Gasteiger partial charge on any atom is -0.383 e. The highest BCUT2D eigenvalue weighted by atomic mass is 79.9. The Morgan fingerprint density at radius 1 is 1.31 bits per heavy atom. The number of benzene rings is 1. The number of aliphatic hydroxyl groups is 1. The van der Waals surface area contributed by atoms with Crippen molar-refractivity contribution in [3.8, 4) is 0 Å². The van der Waals surface area contributed by atoms with Crippen LogP contribution in [-0.2, 0) is 0 Å². The number of aliphatic hydroxyl groups excluding tert-OH is 1. The summed E-state index contributed by atoms with van der Waals surface area (Å²) in [6.45, 7) is 0. The molecule has 0 saturated heterocycles. The van der Waals surface area contributed by atoms with Crippen LogP contribution in [0.4, 0.5) is 4.39 Å². The molecule has 0 saturated carbocycles. The Morgan fingerprint density at radius 2 is 2.06 bits per heavy atom. The van der Waals surface area contributed by atoms with Crippen molar-refractivity contribution in [2.45, 2.75) is 6.10 Å². The molecular formula is C11H7BrClFOS. The Bertz CT molecular complexity index is 514. The smallest absolute Gasteiger partial charge is 0.141 e. The van der Waals surface area contributed by atoms with Gasteiger partial charge in [-0.2, -0.15) is 0 Å². The van der Waals surface area contributed by atoms with Crippen LogP contribution >= 0.6 is 38.9 Å². The van der Waals surface area contributed by atoms with E-state index in [-0.39, 0.29) is 5.02 Å². The van der Waals surface area contributed by atoms with Gasteiger partial charge in [0, 0.05) is 4.88 Å². The van der Waals surface area contributed by atoms with Crippen LogP contribution in [0.25, 0.3) is 0 Å². The van der Waals surface area contributed by atoms with E-state index < -0.39 is 11.9 Å². The quantitative estimate of drug-likeness (QED) is 0.870. The van der Waals surface area contributed by atoms with Crippen molar-refractivity contribution in [2.24, 2.45) is 0 Å². The van der Waals surface area contributed by atoms with Crippen LogP contribution in [0.2, 0.25) is 5.02 Å². The van der Waals surface area contributed by atoms with Crippen LogP contribution in [0.15, 0.2) is 34.1 Å². The molecule has 1 unspecified atom stereocenters. The molecule has 5 heteroatoms. The number of hydrogen-bond donors (Lipinski definition) is 1. The summed E-state index contributed by atoms with van der Waals surface area (Å²) in [7, 11) is 0. The second-order valence-corrected chi connectivity index (χ2v) is 6.12. The maximum Gasteiger partial charge on any atom is 0.141 e. The molecule has 0 aliphatic carbocycles.